The average Bonchev–Trinajstić information content (AvgIpc) is 3.25. The Morgan fingerprint density at radius 2 is 1.91 bits per heavy atom. The van der Waals surface area contributed by atoms with Crippen molar-refractivity contribution in [2.75, 3.05) is 12.4 Å². The highest BCUT2D eigenvalue weighted by atomic mass is 35.5. The van der Waals surface area contributed by atoms with Gasteiger partial charge in [-0.15, -0.1) is 10.2 Å². The Balaban J connectivity index is 1.57. The molecule has 1 amide bonds. The van der Waals surface area contributed by atoms with Gasteiger partial charge in [-0.3, -0.25) is 9.36 Å². The zero-order valence-electron chi connectivity index (χ0n) is 19.8. The first-order chi connectivity index (χ1) is 16.5. The van der Waals surface area contributed by atoms with E-state index < -0.39 is 0 Å². The van der Waals surface area contributed by atoms with E-state index in [0.717, 1.165) is 29.8 Å². The van der Waals surface area contributed by atoms with Gasteiger partial charge in [0, 0.05) is 17.3 Å². The molecule has 8 heteroatoms. The van der Waals surface area contributed by atoms with Crippen molar-refractivity contribution in [1.29, 1.82) is 0 Å². The van der Waals surface area contributed by atoms with Crippen molar-refractivity contribution >= 4 is 29.3 Å². The monoisotopic (exact) mass is 498 g/mol. The summed E-state index contributed by atoms with van der Waals surface area (Å²) in [5, 5.41) is 13.3. The third-order valence-electron chi connectivity index (χ3n) is 6.54. The summed E-state index contributed by atoms with van der Waals surface area (Å²) in [5.41, 5.74) is 1.66. The molecule has 0 aliphatic heterocycles. The number of nitrogens with zero attached hydrogens (tertiary/aromatic N) is 3. The fraction of sp³-hybridized carbons (Fsp3) is 0.423. The molecule has 1 heterocycles. The van der Waals surface area contributed by atoms with Crippen LogP contribution >= 0.6 is 23.4 Å². The van der Waals surface area contributed by atoms with Crippen molar-refractivity contribution in [3.8, 4) is 22.8 Å². The van der Waals surface area contributed by atoms with Crippen molar-refractivity contribution in [2.45, 2.75) is 51.2 Å². The lowest BCUT2D eigenvalue weighted by atomic mass is 9.78. The van der Waals surface area contributed by atoms with Crippen LogP contribution in [-0.4, -0.2) is 39.1 Å². The van der Waals surface area contributed by atoms with Gasteiger partial charge in [-0.05, 0) is 61.6 Å². The van der Waals surface area contributed by atoms with Gasteiger partial charge in [0.2, 0.25) is 5.91 Å². The number of amides is 1. The molecule has 1 aliphatic rings. The molecule has 1 aromatic heterocycles. The van der Waals surface area contributed by atoms with Crippen LogP contribution in [0.5, 0.6) is 5.75 Å². The summed E-state index contributed by atoms with van der Waals surface area (Å²) in [7, 11) is 0. The predicted octanol–water partition coefficient (Wildman–Crippen LogP) is 6.02. The third kappa shape index (κ3) is 5.58. The number of rotatable bonds is 8. The highest BCUT2D eigenvalue weighted by Crippen LogP contribution is 2.33. The van der Waals surface area contributed by atoms with Gasteiger partial charge in [-0.25, -0.2) is 0 Å². The van der Waals surface area contributed by atoms with Crippen LogP contribution in [0.3, 0.4) is 0 Å². The van der Waals surface area contributed by atoms with Gasteiger partial charge in [0.15, 0.2) is 11.0 Å². The standard InChI is InChI=1S/C26H31ClN4O2S/c1-4-33-20-14-12-19(13-15-20)31-25(21-9-5-6-10-22(21)27)29-30-26(31)34-16-24(32)28-23-11-7-8-17(2)18(23)3/h5-6,9-10,12-15,17-18,23H,4,7-8,11,16H2,1-3H3,(H,28,32)/t17-,18-,23-/m1/s1. The second kappa shape index (κ2) is 11.3. The van der Waals surface area contributed by atoms with E-state index in [-0.39, 0.29) is 17.7 Å². The Labute approximate surface area is 210 Å². The maximum atomic E-state index is 12.8. The SMILES string of the molecule is CCOc1ccc(-n2c(SCC(=O)N[C@@H]3CCC[C@@H](C)[C@H]3C)nnc2-c2ccccc2Cl)cc1. The molecule has 4 rings (SSSR count). The Bertz CT molecular complexity index is 1120. The maximum Gasteiger partial charge on any atom is 0.230 e. The van der Waals surface area contributed by atoms with E-state index >= 15 is 0 Å². The predicted molar refractivity (Wildman–Crippen MR) is 138 cm³/mol. The van der Waals surface area contributed by atoms with Gasteiger partial charge in [0.25, 0.3) is 0 Å². The number of hydrogen-bond donors (Lipinski definition) is 1. The number of carbonyl (C=O) groups is 1. The molecule has 0 radical (unpaired) electrons. The van der Waals surface area contributed by atoms with Crippen LogP contribution in [0.25, 0.3) is 17.1 Å². The second-order valence-corrected chi connectivity index (χ2v) is 10.1. The van der Waals surface area contributed by atoms with E-state index in [1.165, 1.54) is 18.2 Å². The number of hydrogen-bond acceptors (Lipinski definition) is 5. The first kappa shape index (κ1) is 24.6. The minimum absolute atomic E-state index is 0.0245. The molecule has 1 N–H and O–H groups in total. The van der Waals surface area contributed by atoms with Gasteiger partial charge in [-0.1, -0.05) is 62.2 Å². The molecule has 1 aliphatic carbocycles. The van der Waals surface area contributed by atoms with Crippen LogP contribution in [-0.2, 0) is 4.79 Å². The molecule has 6 nitrogen and oxygen atoms in total. The Morgan fingerprint density at radius 1 is 1.15 bits per heavy atom. The summed E-state index contributed by atoms with van der Waals surface area (Å²) >= 11 is 7.86. The maximum absolute atomic E-state index is 12.8. The van der Waals surface area contributed by atoms with Crippen molar-refractivity contribution < 1.29 is 9.53 Å². The van der Waals surface area contributed by atoms with E-state index in [2.05, 4.69) is 29.4 Å². The fourth-order valence-corrected chi connectivity index (χ4v) is 5.42. The number of aromatic nitrogens is 3. The normalized spacial score (nSPS) is 20.2. The Kier molecular flexibility index (Phi) is 8.16. The lowest BCUT2D eigenvalue weighted by Gasteiger charge is -2.34. The molecule has 0 saturated heterocycles. The number of benzene rings is 2. The van der Waals surface area contributed by atoms with Gasteiger partial charge in [-0.2, -0.15) is 0 Å². The van der Waals surface area contributed by atoms with Gasteiger partial charge in [0.1, 0.15) is 5.75 Å². The minimum Gasteiger partial charge on any atom is -0.494 e. The van der Waals surface area contributed by atoms with Gasteiger partial charge >= 0.3 is 0 Å². The summed E-state index contributed by atoms with van der Waals surface area (Å²) in [6.45, 7) is 7.07. The summed E-state index contributed by atoms with van der Waals surface area (Å²) in [5.74, 6) is 2.84. The highest BCUT2D eigenvalue weighted by Gasteiger charge is 2.28. The lowest BCUT2D eigenvalue weighted by Crippen LogP contribution is -2.44. The van der Waals surface area contributed by atoms with E-state index in [4.69, 9.17) is 16.3 Å². The summed E-state index contributed by atoms with van der Waals surface area (Å²) in [4.78, 5) is 12.8. The molecule has 1 saturated carbocycles. The molecule has 34 heavy (non-hydrogen) atoms. The molecule has 3 aromatic rings. The quantitative estimate of drug-likeness (QED) is 0.384. The molecule has 0 bridgehead atoms. The molecule has 180 valence electrons. The summed E-state index contributed by atoms with van der Waals surface area (Å²) in [6.07, 6.45) is 3.44. The van der Waals surface area contributed by atoms with Crippen LogP contribution in [0, 0.1) is 11.8 Å². The Hall–Kier alpha value is -2.51. The molecular formula is C26H31ClN4O2S. The van der Waals surface area contributed by atoms with Crippen LogP contribution in [0.15, 0.2) is 53.7 Å². The molecule has 0 spiro atoms. The second-order valence-electron chi connectivity index (χ2n) is 8.78. The molecule has 2 aromatic carbocycles. The number of ether oxygens (including phenoxy) is 1. The van der Waals surface area contributed by atoms with E-state index in [0.29, 0.717) is 34.4 Å². The fourth-order valence-electron chi connectivity index (χ4n) is 4.44. The third-order valence-corrected chi connectivity index (χ3v) is 7.80. The largest absolute Gasteiger partial charge is 0.494 e. The van der Waals surface area contributed by atoms with Gasteiger partial charge in [0.05, 0.1) is 17.4 Å². The first-order valence-electron chi connectivity index (χ1n) is 11.8. The molecule has 1 fully saturated rings. The van der Waals surface area contributed by atoms with Crippen LogP contribution in [0.4, 0.5) is 0 Å². The minimum atomic E-state index is 0.0245. The molecule has 0 unspecified atom stereocenters. The van der Waals surface area contributed by atoms with Crippen LogP contribution in [0.2, 0.25) is 5.02 Å². The number of thioether (sulfide) groups is 1. The van der Waals surface area contributed by atoms with Crippen LogP contribution in [0.1, 0.15) is 40.0 Å². The van der Waals surface area contributed by atoms with Gasteiger partial charge < -0.3 is 10.1 Å². The van der Waals surface area contributed by atoms with E-state index in [1.807, 2.05) is 60.0 Å². The summed E-state index contributed by atoms with van der Waals surface area (Å²) < 4.78 is 7.53. The highest BCUT2D eigenvalue weighted by molar-refractivity contribution is 7.99. The number of carbonyl (C=O) groups excluding carboxylic acids is 1. The topological polar surface area (TPSA) is 69.0 Å². The Morgan fingerprint density at radius 3 is 2.65 bits per heavy atom. The molecule has 3 atom stereocenters. The van der Waals surface area contributed by atoms with Crippen molar-refractivity contribution in [2.24, 2.45) is 11.8 Å². The first-order valence-corrected chi connectivity index (χ1v) is 13.2. The number of halogens is 1. The summed E-state index contributed by atoms with van der Waals surface area (Å²) in [6, 6.07) is 15.6. The van der Waals surface area contributed by atoms with Crippen LogP contribution < -0.4 is 10.1 Å². The van der Waals surface area contributed by atoms with Crippen molar-refractivity contribution in [3.05, 3.63) is 53.6 Å². The molecular weight excluding hydrogens is 468 g/mol. The zero-order chi connectivity index (χ0) is 24.1. The van der Waals surface area contributed by atoms with E-state index in [1.54, 1.807) is 0 Å². The van der Waals surface area contributed by atoms with Crippen molar-refractivity contribution in [1.82, 2.24) is 20.1 Å². The zero-order valence-corrected chi connectivity index (χ0v) is 21.4. The van der Waals surface area contributed by atoms with E-state index in [9.17, 15) is 4.79 Å². The number of nitrogens with one attached hydrogen (secondary N) is 1. The van der Waals surface area contributed by atoms with Crippen molar-refractivity contribution in [3.63, 3.8) is 0 Å². The lowest BCUT2D eigenvalue weighted by molar-refractivity contribution is -0.120. The average molecular weight is 499 g/mol. The smallest absolute Gasteiger partial charge is 0.230 e.